The molecule has 0 aromatic rings. The van der Waals surface area contributed by atoms with E-state index in [0.29, 0.717) is 17.3 Å². The molecule has 3 fully saturated rings. The van der Waals surface area contributed by atoms with Crippen molar-refractivity contribution < 1.29 is 9.53 Å². The summed E-state index contributed by atoms with van der Waals surface area (Å²) in [6.07, 6.45) is 38.0. The molecule has 0 aromatic carbocycles. The van der Waals surface area contributed by atoms with E-state index in [-0.39, 0.29) is 12.1 Å². The van der Waals surface area contributed by atoms with Crippen molar-refractivity contribution in [3.8, 4) is 0 Å². The van der Waals surface area contributed by atoms with Crippen LogP contribution in [0.5, 0.6) is 0 Å². The van der Waals surface area contributed by atoms with Gasteiger partial charge >= 0.3 is 5.97 Å². The molecule has 264 valence electrons. The standard InChI is InChI=1S/C44H76O2/c1-7-8-9-10-11-12-13-14-15-16-17-18-19-20-24-42(45)46-37-29-31-43(5)36(33-37)25-26-38-40-28-27-39(35(4)23-21-22-34(2)3)44(40,6)32-30-41(38)43/h13-14,25,34-35,37-41H,7-12,15-24,26-33H2,1-6H3/b14-13+/t35-,37+,38+,39-,40+,41+,43+,44-/m1/s1. The van der Waals surface area contributed by atoms with E-state index in [4.69, 9.17) is 4.74 Å². The monoisotopic (exact) mass is 637 g/mol. The zero-order valence-corrected chi connectivity index (χ0v) is 31.6. The van der Waals surface area contributed by atoms with Gasteiger partial charge in [0.15, 0.2) is 0 Å². The van der Waals surface area contributed by atoms with E-state index >= 15 is 0 Å². The maximum Gasteiger partial charge on any atom is 0.306 e. The van der Waals surface area contributed by atoms with Crippen molar-refractivity contribution in [2.75, 3.05) is 0 Å². The highest BCUT2D eigenvalue weighted by molar-refractivity contribution is 5.69. The molecule has 0 bridgehead atoms. The van der Waals surface area contributed by atoms with Gasteiger partial charge in [-0.25, -0.2) is 0 Å². The van der Waals surface area contributed by atoms with Gasteiger partial charge in [0.05, 0.1) is 0 Å². The highest BCUT2D eigenvalue weighted by Gasteiger charge is 2.59. The number of esters is 1. The molecule has 0 spiro atoms. The first-order valence-corrected chi connectivity index (χ1v) is 20.7. The van der Waals surface area contributed by atoms with Gasteiger partial charge in [0.1, 0.15) is 6.10 Å². The Morgan fingerprint density at radius 1 is 0.826 bits per heavy atom. The lowest BCUT2D eigenvalue weighted by Gasteiger charge is -2.58. The molecule has 4 rings (SSSR count). The quantitative estimate of drug-likeness (QED) is 0.0755. The molecule has 0 unspecified atom stereocenters. The summed E-state index contributed by atoms with van der Waals surface area (Å²) in [5.74, 6) is 5.31. The van der Waals surface area contributed by atoms with Gasteiger partial charge in [-0.05, 0) is 123 Å². The second-order valence-electron chi connectivity index (χ2n) is 17.6. The maximum atomic E-state index is 12.8. The summed E-state index contributed by atoms with van der Waals surface area (Å²) < 4.78 is 6.12. The Bertz CT molecular complexity index is 961. The van der Waals surface area contributed by atoms with Crippen LogP contribution in [0.4, 0.5) is 0 Å². The lowest BCUT2D eigenvalue weighted by Crippen LogP contribution is -2.51. The molecular formula is C44H76O2. The van der Waals surface area contributed by atoms with Crippen LogP contribution in [0.25, 0.3) is 0 Å². The number of hydrogen-bond acceptors (Lipinski definition) is 2. The van der Waals surface area contributed by atoms with E-state index in [0.717, 1.165) is 61.2 Å². The number of unbranched alkanes of at least 4 members (excludes halogenated alkanes) is 10. The number of hydrogen-bond donors (Lipinski definition) is 0. The van der Waals surface area contributed by atoms with Crippen molar-refractivity contribution in [3.63, 3.8) is 0 Å². The van der Waals surface area contributed by atoms with Gasteiger partial charge in [0.2, 0.25) is 0 Å². The van der Waals surface area contributed by atoms with E-state index in [1.54, 1.807) is 5.57 Å². The predicted octanol–water partition coefficient (Wildman–Crippen LogP) is 13.6. The Balaban J connectivity index is 1.14. The SMILES string of the molecule is CCCCCCC/C=C/CCCCCCCC(=O)O[C@H]1CC[C@@]2(C)C(=CC[C@H]3[C@@H]4CC[C@H]([C@H](C)CCCC(C)C)[C@@]4(C)CC[C@@H]32)C1. The van der Waals surface area contributed by atoms with Crippen molar-refractivity contribution in [1.82, 2.24) is 0 Å². The van der Waals surface area contributed by atoms with E-state index in [1.807, 2.05) is 0 Å². The average Bonchev–Trinajstić information content (AvgIpc) is 3.38. The highest BCUT2D eigenvalue weighted by atomic mass is 16.5. The third-order valence-corrected chi connectivity index (χ3v) is 14.0. The van der Waals surface area contributed by atoms with E-state index in [9.17, 15) is 4.79 Å². The molecule has 2 nitrogen and oxygen atoms in total. The number of carbonyl (C=O) groups excluding carboxylic acids is 1. The average molecular weight is 637 g/mol. The molecule has 0 aromatic heterocycles. The first-order valence-electron chi connectivity index (χ1n) is 20.7. The second kappa shape index (κ2) is 18.6. The van der Waals surface area contributed by atoms with Crippen LogP contribution < -0.4 is 0 Å². The summed E-state index contributed by atoms with van der Waals surface area (Å²) in [6, 6.07) is 0. The zero-order chi connectivity index (χ0) is 33.0. The summed E-state index contributed by atoms with van der Waals surface area (Å²) in [4.78, 5) is 12.8. The summed E-state index contributed by atoms with van der Waals surface area (Å²) in [7, 11) is 0. The fourth-order valence-electron chi connectivity index (χ4n) is 11.2. The number of allylic oxidation sites excluding steroid dienone is 3. The van der Waals surface area contributed by atoms with Gasteiger partial charge in [-0.15, -0.1) is 0 Å². The van der Waals surface area contributed by atoms with Gasteiger partial charge in [0.25, 0.3) is 0 Å². The van der Waals surface area contributed by atoms with E-state index < -0.39 is 0 Å². The van der Waals surface area contributed by atoms with Gasteiger partial charge in [-0.2, -0.15) is 0 Å². The van der Waals surface area contributed by atoms with Gasteiger partial charge in [-0.1, -0.05) is 130 Å². The van der Waals surface area contributed by atoms with E-state index in [2.05, 4.69) is 59.8 Å². The Morgan fingerprint density at radius 2 is 1.52 bits per heavy atom. The lowest BCUT2D eigenvalue weighted by atomic mass is 9.47. The van der Waals surface area contributed by atoms with Crippen LogP contribution >= 0.6 is 0 Å². The van der Waals surface area contributed by atoms with Crippen molar-refractivity contribution >= 4 is 5.97 Å². The normalized spacial score (nSPS) is 33.0. The number of rotatable bonds is 20. The largest absolute Gasteiger partial charge is 0.462 e. The topological polar surface area (TPSA) is 26.3 Å². The molecule has 4 aliphatic rings. The number of carbonyl (C=O) groups is 1. The van der Waals surface area contributed by atoms with Crippen molar-refractivity contribution in [2.45, 2.75) is 202 Å². The van der Waals surface area contributed by atoms with Crippen molar-refractivity contribution in [1.29, 1.82) is 0 Å². The molecule has 0 amide bonds. The Kier molecular flexibility index (Phi) is 15.3. The van der Waals surface area contributed by atoms with Crippen LogP contribution in [0.15, 0.2) is 23.8 Å². The summed E-state index contributed by atoms with van der Waals surface area (Å²) in [5.41, 5.74) is 2.53. The zero-order valence-electron chi connectivity index (χ0n) is 31.6. The third-order valence-electron chi connectivity index (χ3n) is 14.0. The maximum absolute atomic E-state index is 12.8. The van der Waals surface area contributed by atoms with Gasteiger partial charge in [0, 0.05) is 12.8 Å². The fourth-order valence-corrected chi connectivity index (χ4v) is 11.2. The van der Waals surface area contributed by atoms with Crippen molar-refractivity contribution in [3.05, 3.63) is 23.8 Å². The molecule has 4 aliphatic carbocycles. The molecular weight excluding hydrogens is 560 g/mol. The highest BCUT2D eigenvalue weighted by Crippen LogP contribution is 2.67. The van der Waals surface area contributed by atoms with Gasteiger partial charge in [-0.3, -0.25) is 4.79 Å². The first-order chi connectivity index (χ1) is 22.2. The molecule has 46 heavy (non-hydrogen) atoms. The molecule has 0 heterocycles. The third kappa shape index (κ3) is 10.00. The lowest BCUT2D eigenvalue weighted by molar-refractivity contribution is -0.151. The molecule has 3 saturated carbocycles. The Hall–Kier alpha value is -1.05. The Labute approximate surface area is 286 Å². The smallest absolute Gasteiger partial charge is 0.306 e. The van der Waals surface area contributed by atoms with Crippen LogP contribution in [0.1, 0.15) is 196 Å². The summed E-state index contributed by atoms with van der Waals surface area (Å²) in [5, 5.41) is 0. The molecule has 0 radical (unpaired) electrons. The van der Waals surface area contributed by atoms with E-state index in [1.165, 1.54) is 122 Å². The fraction of sp³-hybridized carbons (Fsp3) is 0.886. The first kappa shape index (κ1) is 37.8. The summed E-state index contributed by atoms with van der Waals surface area (Å²) >= 11 is 0. The molecule has 0 N–H and O–H groups in total. The molecule has 2 heteroatoms. The van der Waals surface area contributed by atoms with Gasteiger partial charge < -0.3 is 4.74 Å². The number of ether oxygens (including phenoxy) is 1. The minimum Gasteiger partial charge on any atom is -0.462 e. The van der Waals surface area contributed by atoms with Crippen molar-refractivity contribution in [2.24, 2.45) is 46.3 Å². The minimum absolute atomic E-state index is 0.0534. The van der Waals surface area contributed by atoms with Crippen LogP contribution in [-0.4, -0.2) is 12.1 Å². The molecule has 0 aliphatic heterocycles. The Morgan fingerprint density at radius 3 is 2.24 bits per heavy atom. The predicted molar refractivity (Wildman–Crippen MR) is 198 cm³/mol. The summed E-state index contributed by atoms with van der Waals surface area (Å²) in [6.45, 7) is 14.9. The molecule has 8 atom stereocenters. The number of fused-ring (bicyclic) bond motifs is 5. The van der Waals surface area contributed by atoms with Crippen LogP contribution in [0.3, 0.4) is 0 Å². The minimum atomic E-state index is 0.0534. The second-order valence-corrected chi connectivity index (χ2v) is 17.6. The van der Waals surface area contributed by atoms with Crippen LogP contribution in [0.2, 0.25) is 0 Å². The molecule has 0 saturated heterocycles. The van der Waals surface area contributed by atoms with Crippen LogP contribution in [0, 0.1) is 46.3 Å². The van der Waals surface area contributed by atoms with Crippen LogP contribution in [-0.2, 0) is 9.53 Å².